The fourth-order valence-electron chi connectivity index (χ4n) is 2.28. The van der Waals surface area contributed by atoms with E-state index >= 15 is 0 Å². The van der Waals surface area contributed by atoms with Gasteiger partial charge in [0.15, 0.2) is 0 Å². The summed E-state index contributed by atoms with van der Waals surface area (Å²) in [5.74, 6) is -0.407. The summed E-state index contributed by atoms with van der Waals surface area (Å²) < 4.78 is 19.1. The Bertz CT molecular complexity index is 467. The molecule has 1 heterocycles. The van der Waals surface area contributed by atoms with Gasteiger partial charge in [-0.15, -0.1) is 0 Å². The first-order valence-corrected chi connectivity index (χ1v) is 6.99. The molecule has 2 rings (SSSR count). The molecule has 0 aliphatic carbocycles. The molecule has 1 saturated heterocycles. The van der Waals surface area contributed by atoms with Gasteiger partial charge < -0.3 is 10.1 Å². The van der Waals surface area contributed by atoms with Crippen molar-refractivity contribution in [2.75, 3.05) is 39.4 Å². The van der Waals surface area contributed by atoms with Gasteiger partial charge in [0.25, 0.3) is 0 Å². The van der Waals surface area contributed by atoms with Crippen LogP contribution < -0.4 is 5.32 Å². The van der Waals surface area contributed by atoms with Crippen LogP contribution in [0.1, 0.15) is 17.5 Å². The number of rotatable bonds is 6. The van der Waals surface area contributed by atoms with E-state index in [-0.39, 0.29) is 5.56 Å². The summed E-state index contributed by atoms with van der Waals surface area (Å²) in [6, 6.07) is 6.78. The fourth-order valence-corrected chi connectivity index (χ4v) is 2.28. The van der Waals surface area contributed by atoms with Crippen LogP contribution in [-0.4, -0.2) is 44.3 Å². The maximum absolute atomic E-state index is 13.8. The highest BCUT2D eigenvalue weighted by Gasteiger charge is 2.09. The second-order valence-corrected chi connectivity index (χ2v) is 4.87. The van der Waals surface area contributed by atoms with Gasteiger partial charge in [0.2, 0.25) is 0 Å². The van der Waals surface area contributed by atoms with Gasteiger partial charge in [-0.3, -0.25) is 4.90 Å². The summed E-state index contributed by atoms with van der Waals surface area (Å²) in [5, 5.41) is 12.0. The largest absolute Gasteiger partial charge is 0.379 e. The van der Waals surface area contributed by atoms with Gasteiger partial charge in [-0.05, 0) is 25.6 Å². The molecule has 5 heteroatoms. The Morgan fingerprint density at radius 1 is 1.35 bits per heavy atom. The number of morpholine rings is 1. The minimum atomic E-state index is -0.407. The average Bonchev–Trinajstić information content (AvgIpc) is 2.49. The van der Waals surface area contributed by atoms with E-state index in [1.807, 2.05) is 6.07 Å². The molecular formula is C15H20FN3O. The molecule has 0 bridgehead atoms. The number of nitrogens with one attached hydrogen (secondary N) is 1. The second-order valence-electron chi connectivity index (χ2n) is 4.87. The van der Waals surface area contributed by atoms with Gasteiger partial charge in [-0.25, -0.2) is 4.39 Å². The van der Waals surface area contributed by atoms with Gasteiger partial charge in [-0.1, -0.05) is 12.1 Å². The number of halogens is 1. The number of nitriles is 1. The molecule has 0 spiro atoms. The van der Waals surface area contributed by atoms with E-state index in [1.54, 1.807) is 12.1 Å². The molecule has 1 aliphatic rings. The molecule has 4 nitrogen and oxygen atoms in total. The standard InChI is InChI=1S/C15H20FN3O/c16-15-13(11-17)3-1-4-14(15)12-18-5-2-6-19-7-9-20-10-8-19/h1,3-4,18H,2,5-10,12H2. The highest BCUT2D eigenvalue weighted by molar-refractivity contribution is 5.34. The highest BCUT2D eigenvalue weighted by Crippen LogP contribution is 2.11. The minimum Gasteiger partial charge on any atom is -0.379 e. The quantitative estimate of drug-likeness (QED) is 0.801. The number of hydrogen-bond donors (Lipinski definition) is 1. The number of nitrogens with zero attached hydrogens (tertiary/aromatic N) is 2. The molecule has 0 aromatic heterocycles. The van der Waals surface area contributed by atoms with E-state index in [0.717, 1.165) is 45.8 Å². The van der Waals surface area contributed by atoms with Crippen molar-refractivity contribution in [2.45, 2.75) is 13.0 Å². The molecular weight excluding hydrogens is 257 g/mol. The van der Waals surface area contributed by atoms with E-state index in [4.69, 9.17) is 10.00 Å². The monoisotopic (exact) mass is 277 g/mol. The van der Waals surface area contributed by atoms with Crippen LogP contribution in [0.5, 0.6) is 0 Å². The maximum Gasteiger partial charge on any atom is 0.145 e. The highest BCUT2D eigenvalue weighted by atomic mass is 19.1. The lowest BCUT2D eigenvalue weighted by Crippen LogP contribution is -2.37. The number of benzene rings is 1. The van der Waals surface area contributed by atoms with Crippen molar-refractivity contribution >= 4 is 0 Å². The summed E-state index contributed by atoms with van der Waals surface area (Å²) in [5.41, 5.74) is 0.660. The molecule has 20 heavy (non-hydrogen) atoms. The summed E-state index contributed by atoms with van der Waals surface area (Å²) in [6.07, 6.45) is 1.03. The van der Waals surface area contributed by atoms with Crippen LogP contribution in [0.25, 0.3) is 0 Å². The Hall–Kier alpha value is -1.48. The van der Waals surface area contributed by atoms with Crippen molar-refractivity contribution in [3.63, 3.8) is 0 Å². The molecule has 108 valence electrons. The van der Waals surface area contributed by atoms with E-state index < -0.39 is 5.82 Å². The zero-order valence-corrected chi connectivity index (χ0v) is 11.6. The first-order chi connectivity index (χ1) is 9.81. The third-order valence-corrected chi connectivity index (χ3v) is 3.45. The molecule has 0 radical (unpaired) electrons. The molecule has 1 fully saturated rings. The van der Waals surface area contributed by atoms with Crippen LogP contribution in [0.2, 0.25) is 0 Å². The van der Waals surface area contributed by atoms with Crippen LogP contribution in [-0.2, 0) is 11.3 Å². The third-order valence-electron chi connectivity index (χ3n) is 3.45. The first kappa shape index (κ1) is 14.9. The lowest BCUT2D eigenvalue weighted by Gasteiger charge is -2.26. The van der Waals surface area contributed by atoms with E-state index in [9.17, 15) is 4.39 Å². The molecule has 0 saturated carbocycles. The van der Waals surface area contributed by atoms with Crippen molar-refractivity contribution in [3.05, 3.63) is 35.1 Å². The topological polar surface area (TPSA) is 48.3 Å². The van der Waals surface area contributed by atoms with Crippen molar-refractivity contribution < 1.29 is 9.13 Å². The van der Waals surface area contributed by atoms with Gasteiger partial charge in [0, 0.05) is 25.2 Å². The summed E-state index contributed by atoms with van der Waals surface area (Å²) in [6.45, 7) is 5.98. The predicted molar refractivity (Wildman–Crippen MR) is 74.7 cm³/mol. The van der Waals surface area contributed by atoms with Crippen LogP contribution >= 0.6 is 0 Å². The molecule has 0 amide bonds. The van der Waals surface area contributed by atoms with Crippen LogP contribution in [0.4, 0.5) is 4.39 Å². The van der Waals surface area contributed by atoms with Crippen LogP contribution in [0.15, 0.2) is 18.2 Å². The number of hydrogen-bond acceptors (Lipinski definition) is 4. The lowest BCUT2D eigenvalue weighted by atomic mass is 10.1. The summed E-state index contributed by atoms with van der Waals surface area (Å²) in [7, 11) is 0. The van der Waals surface area contributed by atoms with Crippen LogP contribution in [0.3, 0.4) is 0 Å². The van der Waals surface area contributed by atoms with Crippen molar-refractivity contribution in [2.24, 2.45) is 0 Å². The van der Waals surface area contributed by atoms with Crippen molar-refractivity contribution in [1.29, 1.82) is 5.26 Å². The number of ether oxygens (including phenoxy) is 1. The van der Waals surface area contributed by atoms with Gasteiger partial charge in [0.1, 0.15) is 11.9 Å². The lowest BCUT2D eigenvalue weighted by molar-refractivity contribution is 0.0374. The predicted octanol–water partition coefficient (Wildman–Crippen LogP) is 1.51. The molecule has 0 atom stereocenters. The Morgan fingerprint density at radius 3 is 2.90 bits per heavy atom. The van der Waals surface area contributed by atoms with E-state index in [1.165, 1.54) is 6.07 Å². The smallest absolute Gasteiger partial charge is 0.145 e. The van der Waals surface area contributed by atoms with Crippen molar-refractivity contribution in [1.82, 2.24) is 10.2 Å². The van der Waals surface area contributed by atoms with Crippen LogP contribution in [0, 0.1) is 17.1 Å². The van der Waals surface area contributed by atoms with Crippen molar-refractivity contribution in [3.8, 4) is 6.07 Å². The van der Waals surface area contributed by atoms with E-state index in [2.05, 4.69) is 10.2 Å². The molecule has 1 N–H and O–H groups in total. The maximum atomic E-state index is 13.8. The Labute approximate surface area is 119 Å². The normalized spacial score (nSPS) is 16.0. The van der Waals surface area contributed by atoms with Gasteiger partial charge in [0.05, 0.1) is 18.8 Å². The van der Waals surface area contributed by atoms with E-state index in [0.29, 0.717) is 12.1 Å². The molecule has 1 aromatic carbocycles. The Balaban J connectivity index is 1.67. The minimum absolute atomic E-state index is 0.109. The molecule has 1 aromatic rings. The van der Waals surface area contributed by atoms with Gasteiger partial charge >= 0.3 is 0 Å². The second kappa shape index (κ2) is 7.95. The summed E-state index contributed by atoms with van der Waals surface area (Å²) in [4.78, 5) is 2.38. The first-order valence-electron chi connectivity index (χ1n) is 6.99. The molecule has 0 unspecified atom stereocenters. The average molecular weight is 277 g/mol. The van der Waals surface area contributed by atoms with Gasteiger partial charge in [-0.2, -0.15) is 5.26 Å². The fraction of sp³-hybridized carbons (Fsp3) is 0.533. The zero-order valence-electron chi connectivity index (χ0n) is 11.6. The summed E-state index contributed by atoms with van der Waals surface area (Å²) >= 11 is 0. The third kappa shape index (κ3) is 4.27. The SMILES string of the molecule is N#Cc1cccc(CNCCCN2CCOCC2)c1F. The Morgan fingerprint density at radius 2 is 2.15 bits per heavy atom. The Kier molecular flexibility index (Phi) is 5.93. The molecule has 1 aliphatic heterocycles. The zero-order chi connectivity index (χ0) is 14.2.